The monoisotopic (exact) mass is 372 g/mol. The number of benzene rings is 2. The molecule has 1 N–H and O–H groups in total. The van der Waals surface area contributed by atoms with Gasteiger partial charge in [0.15, 0.2) is 11.5 Å². The second-order valence-corrected chi connectivity index (χ2v) is 5.70. The zero-order valence-corrected chi connectivity index (χ0v) is 15.9. The van der Waals surface area contributed by atoms with Gasteiger partial charge in [0.05, 0.1) is 21.3 Å². The maximum absolute atomic E-state index is 12.3. The molecule has 0 aromatic heterocycles. The smallest absolute Gasteiger partial charge is 0.251 e. The van der Waals surface area contributed by atoms with E-state index < -0.39 is 0 Å². The Kier molecular flexibility index (Phi) is 7.05. The maximum Gasteiger partial charge on any atom is 0.251 e. The minimum absolute atomic E-state index is 0.141. The molecule has 2 amide bonds. The Bertz CT molecular complexity index is 807. The van der Waals surface area contributed by atoms with Crippen molar-refractivity contribution in [3.63, 3.8) is 0 Å². The average Bonchev–Trinajstić information content (AvgIpc) is 2.70. The molecule has 0 fully saturated rings. The van der Waals surface area contributed by atoms with Gasteiger partial charge in [-0.15, -0.1) is 0 Å². The molecule has 0 saturated heterocycles. The average molecular weight is 372 g/mol. The van der Waals surface area contributed by atoms with Crippen LogP contribution in [0.5, 0.6) is 17.2 Å². The van der Waals surface area contributed by atoms with Gasteiger partial charge in [-0.2, -0.15) is 0 Å². The summed E-state index contributed by atoms with van der Waals surface area (Å²) in [4.78, 5) is 25.9. The van der Waals surface area contributed by atoms with Crippen LogP contribution < -0.4 is 24.4 Å². The Morgan fingerprint density at radius 1 is 0.963 bits per heavy atom. The Hall–Kier alpha value is -3.22. The lowest BCUT2D eigenvalue weighted by atomic mass is 10.2. The molecule has 0 spiro atoms. The third-order valence-electron chi connectivity index (χ3n) is 4.01. The number of anilines is 1. The SMILES string of the molecule is COc1cccc(C(=O)NCCN(C(C)=O)c2ccc(OC)c(OC)c2)c1. The van der Waals surface area contributed by atoms with Gasteiger partial charge in [0.25, 0.3) is 5.91 Å². The van der Waals surface area contributed by atoms with Crippen molar-refractivity contribution in [1.82, 2.24) is 5.32 Å². The fourth-order valence-electron chi connectivity index (χ4n) is 2.61. The number of amides is 2. The summed E-state index contributed by atoms with van der Waals surface area (Å²) in [5.74, 6) is 1.35. The lowest BCUT2D eigenvalue weighted by Crippen LogP contribution is -2.37. The molecule has 144 valence electrons. The molecular weight excluding hydrogens is 348 g/mol. The third kappa shape index (κ3) is 5.13. The summed E-state index contributed by atoms with van der Waals surface area (Å²) in [5.41, 5.74) is 1.16. The van der Waals surface area contributed by atoms with E-state index in [-0.39, 0.29) is 11.8 Å². The topological polar surface area (TPSA) is 77.1 Å². The van der Waals surface area contributed by atoms with Crippen LogP contribution in [0.4, 0.5) is 5.69 Å². The van der Waals surface area contributed by atoms with Crippen molar-refractivity contribution in [3.05, 3.63) is 48.0 Å². The zero-order chi connectivity index (χ0) is 19.8. The number of ether oxygens (including phenoxy) is 3. The van der Waals surface area contributed by atoms with Gasteiger partial charge in [0, 0.05) is 37.3 Å². The predicted octanol–water partition coefficient (Wildman–Crippen LogP) is 2.50. The Morgan fingerprint density at radius 3 is 2.33 bits per heavy atom. The number of methoxy groups -OCH3 is 3. The third-order valence-corrected chi connectivity index (χ3v) is 4.01. The van der Waals surface area contributed by atoms with Gasteiger partial charge >= 0.3 is 0 Å². The van der Waals surface area contributed by atoms with Crippen molar-refractivity contribution in [2.24, 2.45) is 0 Å². The first-order valence-electron chi connectivity index (χ1n) is 8.42. The number of nitrogens with one attached hydrogen (secondary N) is 1. The van der Waals surface area contributed by atoms with Gasteiger partial charge in [-0.05, 0) is 30.3 Å². The molecular formula is C20H24N2O5. The second-order valence-electron chi connectivity index (χ2n) is 5.70. The van der Waals surface area contributed by atoms with Crippen LogP contribution in [0.15, 0.2) is 42.5 Å². The van der Waals surface area contributed by atoms with Crippen molar-refractivity contribution in [1.29, 1.82) is 0 Å². The summed E-state index contributed by atoms with van der Waals surface area (Å²) >= 11 is 0. The first-order valence-corrected chi connectivity index (χ1v) is 8.42. The normalized spacial score (nSPS) is 10.1. The molecule has 0 aliphatic heterocycles. The summed E-state index contributed by atoms with van der Waals surface area (Å²) in [6, 6.07) is 12.1. The molecule has 0 aliphatic carbocycles. The highest BCUT2D eigenvalue weighted by atomic mass is 16.5. The molecule has 7 heteroatoms. The summed E-state index contributed by atoms with van der Waals surface area (Å²) in [6.45, 7) is 2.09. The number of hydrogen-bond acceptors (Lipinski definition) is 5. The van der Waals surface area contributed by atoms with Crippen molar-refractivity contribution >= 4 is 17.5 Å². The molecule has 2 aromatic rings. The first kappa shape index (κ1) is 20.1. The lowest BCUT2D eigenvalue weighted by molar-refractivity contribution is -0.116. The number of carbonyl (C=O) groups is 2. The van der Waals surface area contributed by atoms with E-state index in [1.807, 2.05) is 0 Å². The van der Waals surface area contributed by atoms with E-state index in [0.29, 0.717) is 41.6 Å². The van der Waals surface area contributed by atoms with Crippen LogP contribution in [0.3, 0.4) is 0 Å². The molecule has 7 nitrogen and oxygen atoms in total. The number of nitrogens with zero attached hydrogens (tertiary/aromatic N) is 1. The molecule has 27 heavy (non-hydrogen) atoms. The van der Waals surface area contributed by atoms with Crippen LogP contribution in [0.1, 0.15) is 17.3 Å². The van der Waals surface area contributed by atoms with Gasteiger partial charge < -0.3 is 24.4 Å². The van der Waals surface area contributed by atoms with Crippen LogP contribution in [0.25, 0.3) is 0 Å². The highest BCUT2D eigenvalue weighted by molar-refractivity contribution is 5.95. The minimum atomic E-state index is -0.232. The zero-order valence-electron chi connectivity index (χ0n) is 15.9. The molecule has 2 aromatic carbocycles. The Morgan fingerprint density at radius 2 is 1.70 bits per heavy atom. The highest BCUT2D eigenvalue weighted by Crippen LogP contribution is 2.31. The summed E-state index contributed by atoms with van der Waals surface area (Å²) < 4.78 is 15.6. The highest BCUT2D eigenvalue weighted by Gasteiger charge is 2.15. The maximum atomic E-state index is 12.3. The quantitative estimate of drug-likeness (QED) is 0.770. The fourth-order valence-corrected chi connectivity index (χ4v) is 2.61. The van der Waals surface area contributed by atoms with Crippen molar-refractivity contribution < 1.29 is 23.8 Å². The van der Waals surface area contributed by atoms with Crippen LogP contribution >= 0.6 is 0 Å². The molecule has 0 atom stereocenters. The molecule has 0 saturated carbocycles. The second kappa shape index (κ2) is 9.47. The van der Waals surface area contributed by atoms with E-state index in [4.69, 9.17) is 14.2 Å². The van der Waals surface area contributed by atoms with E-state index in [2.05, 4.69) is 5.32 Å². The lowest BCUT2D eigenvalue weighted by Gasteiger charge is -2.22. The fraction of sp³-hybridized carbons (Fsp3) is 0.300. The minimum Gasteiger partial charge on any atom is -0.497 e. The molecule has 0 heterocycles. The van der Waals surface area contributed by atoms with Crippen LogP contribution in [0.2, 0.25) is 0 Å². The van der Waals surface area contributed by atoms with E-state index in [1.54, 1.807) is 61.6 Å². The van der Waals surface area contributed by atoms with Crippen molar-refractivity contribution in [3.8, 4) is 17.2 Å². The van der Waals surface area contributed by atoms with Crippen molar-refractivity contribution in [2.45, 2.75) is 6.92 Å². The standard InChI is InChI=1S/C20H24N2O5/c1-14(23)22(16-8-9-18(26-3)19(13-16)27-4)11-10-21-20(24)15-6-5-7-17(12-15)25-2/h5-9,12-13H,10-11H2,1-4H3,(H,21,24). The van der Waals surface area contributed by atoms with Gasteiger partial charge in [-0.1, -0.05) is 6.07 Å². The number of rotatable bonds is 8. The summed E-state index contributed by atoms with van der Waals surface area (Å²) in [7, 11) is 4.63. The van der Waals surface area contributed by atoms with Crippen molar-refractivity contribution in [2.75, 3.05) is 39.3 Å². The van der Waals surface area contributed by atoms with E-state index in [0.717, 1.165) is 0 Å². The van der Waals surface area contributed by atoms with E-state index >= 15 is 0 Å². The Labute approximate surface area is 158 Å². The van der Waals surface area contributed by atoms with Crippen LogP contribution in [-0.4, -0.2) is 46.2 Å². The molecule has 0 bridgehead atoms. The van der Waals surface area contributed by atoms with Gasteiger partial charge in [-0.3, -0.25) is 9.59 Å². The van der Waals surface area contributed by atoms with Gasteiger partial charge in [0.1, 0.15) is 5.75 Å². The molecule has 0 unspecified atom stereocenters. The Balaban J connectivity index is 2.04. The van der Waals surface area contributed by atoms with Crippen LogP contribution in [-0.2, 0) is 4.79 Å². The van der Waals surface area contributed by atoms with E-state index in [1.165, 1.54) is 14.0 Å². The van der Waals surface area contributed by atoms with Gasteiger partial charge in [-0.25, -0.2) is 0 Å². The van der Waals surface area contributed by atoms with E-state index in [9.17, 15) is 9.59 Å². The predicted molar refractivity (Wildman–Crippen MR) is 103 cm³/mol. The molecule has 2 rings (SSSR count). The number of carbonyl (C=O) groups excluding carboxylic acids is 2. The summed E-state index contributed by atoms with van der Waals surface area (Å²) in [5, 5.41) is 2.81. The first-order chi connectivity index (χ1) is 13.0. The van der Waals surface area contributed by atoms with Gasteiger partial charge in [0.2, 0.25) is 5.91 Å². The summed E-state index contributed by atoms with van der Waals surface area (Å²) in [6.07, 6.45) is 0. The van der Waals surface area contributed by atoms with Crippen LogP contribution in [0, 0.1) is 0 Å². The number of hydrogen-bond donors (Lipinski definition) is 1. The molecule has 0 aliphatic rings. The largest absolute Gasteiger partial charge is 0.497 e. The molecule has 0 radical (unpaired) electrons.